The van der Waals surface area contributed by atoms with E-state index in [0.717, 1.165) is 5.52 Å². The molecule has 0 saturated heterocycles. The van der Waals surface area contributed by atoms with Crippen LogP contribution in [0.15, 0.2) is 51.7 Å². The molecule has 0 aromatic heterocycles. The highest BCUT2D eigenvalue weighted by Gasteiger charge is 2.13. The zero-order chi connectivity index (χ0) is 17.0. The molecule has 1 aromatic rings. The maximum atomic E-state index is 11.1. The van der Waals surface area contributed by atoms with E-state index >= 15 is 0 Å². The standard InChI is InChI=1S/C12H7NO2.C6H12O2/c14-8-5-6-10-12(7-8)15-11-4-2-1-3-9(11)13-10;1-6(2,3)4-5(7)8/h1-7H;4H2,1-3H3,(H,7,8). The molecule has 1 aliphatic heterocycles. The van der Waals surface area contributed by atoms with Crippen LogP contribution in [0.1, 0.15) is 27.2 Å². The fourth-order valence-electron chi connectivity index (χ4n) is 2.01. The number of carboxylic acids is 1. The highest BCUT2D eigenvalue weighted by molar-refractivity contribution is 5.75. The first-order valence-electron chi connectivity index (χ1n) is 7.26. The number of nitrogens with zero attached hydrogens (tertiary/aromatic N) is 1. The van der Waals surface area contributed by atoms with Crippen molar-refractivity contribution in [3.8, 4) is 11.5 Å². The first-order chi connectivity index (χ1) is 10.7. The number of carbonyl (C=O) groups is 1. The van der Waals surface area contributed by atoms with E-state index in [4.69, 9.17) is 9.52 Å². The molecule has 0 atom stereocenters. The van der Waals surface area contributed by atoms with Gasteiger partial charge in [-0.2, -0.15) is 0 Å². The normalized spacial score (nSPS) is 11.1. The Kier molecular flexibility index (Phi) is 4.79. The Bertz CT molecular complexity index is 845. The smallest absolute Gasteiger partial charge is 0.303 e. The van der Waals surface area contributed by atoms with Gasteiger partial charge in [-0.25, -0.2) is 4.98 Å². The largest absolute Gasteiger partial charge is 0.481 e. The zero-order valence-corrected chi connectivity index (χ0v) is 13.4. The molecule has 0 fully saturated rings. The van der Waals surface area contributed by atoms with Crippen molar-refractivity contribution >= 4 is 17.1 Å². The highest BCUT2D eigenvalue weighted by Crippen LogP contribution is 2.22. The monoisotopic (exact) mass is 313 g/mol. The van der Waals surface area contributed by atoms with Gasteiger partial charge in [-0.05, 0) is 29.7 Å². The van der Waals surface area contributed by atoms with Gasteiger partial charge in [0.25, 0.3) is 0 Å². The molecule has 0 saturated carbocycles. The Morgan fingerprint density at radius 1 is 1.17 bits per heavy atom. The molecule has 5 heteroatoms. The van der Waals surface area contributed by atoms with E-state index in [9.17, 15) is 9.59 Å². The summed E-state index contributed by atoms with van der Waals surface area (Å²) >= 11 is 0. The fourth-order valence-corrected chi connectivity index (χ4v) is 2.01. The van der Waals surface area contributed by atoms with Crippen LogP contribution >= 0.6 is 0 Å². The summed E-state index contributed by atoms with van der Waals surface area (Å²) in [6.07, 6.45) is 0.243. The number of benzene rings is 2. The maximum Gasteiger partial charge on any atom is 0.303 e. The van der Waals surface area contributed by atoms with Crippen molar-refractivity contribution in [2.75, 3.05) is 0 Å². The lowest BCUT2D eigenvalue weighted by molar-refractivity contribution is -0.139. The molecule has 0 amide bonds. The topological polar surface area (TPSA) is 80.4 Å². The zero-order valence-electron chi connectivity index (χ0n) is 13.4. The van der Waals surface area contributed by atoms with Gasteiger partial charge in [0.1, 0.15) is 11.2 Å². The van der Waals surface area contributed by atoms with Gasteiger partial charge in [0, 0.05) is 6.07 Å². The quantitative estimate of drug-likeness (QED) is 0.691. The lowest BCUT2D eigenvalue weighted by Crippen LogP contribution is -2.11. The number of hydrogen-bond acceptors (Lipinski definition) is 4. The molecule has 1 aromatic carbocycles. The van der Waals surface area contributed by atoms with Gasteiger partial charge in [-0.1, -0.05) is 32.9 Å². The van der Waals surface area contributed by atoms with Gasteiger partial charge < -0.3 is 9.52 Å². The van der Waals surface area contributed by atoms with Crippen molar-refractivity contribution in [1.29, 1.82) is 0 Å². The molecular formula is C18H19NO4. The third-order valence-electron chi connectivity index (χ3n) is 2.94. The third kappa shape index (κ3) is 4.92. The number of fused-ring (bicyclic) bond motifs is 2. The second-order valence-electron chi connectivity index (χ2n) is 6.44. The highest BCUT2D eigenvalue weighted by atomic mass is 16.4. The average molecular weight is 313 g/mol. The van der Waals surface area contributed by atoms with Crippen LogP contribution in [0.2, 0.25) is 0 Å². The summed E-state index contributed by atoms with van der Waals surface area (Å²) < 4.78 is 5.56. The molecule has 0 bridgehead atoms. The van der Waals surface area contributed by atoms with Crippen LogP contribution in [0.4, 0.5) is 0 Å². The molecule has 0 spiro atoms. The summed E-state index contributed by atoms with van der Waals surface area (Å²) in [5.74, 6) is -0.196. The molecule has 1 aliphatic carbocycles. The Balaban J connectivity index is 0.000000207. The molecule has 0 radical (unpaired) electrons. The number of hydrogen-bond donors (Lipinski definition) is 1. The molecule has 1 heterocycles. The fraction of sp³-hybridized carbons (Fsp3) is 0.278. The molecule has 120 valence electrons. The Hall–Kier alpha value is -2.69. The van der Waals surface area contributed by atoms with E-state index in [-0.39, 0.29) is 17.3 Å². The molecule has 2 aliphatic rings. The van der Waals surface area contributed by atoms with E-state index < -0.39 is 5.97 Å². The van der Waals surface area contributed by atoms with Crippen molar-refractivity contribution in [3.05, 3.63) is 52.7 Å². The SMILES string of the molecule is CC(C)(C)CC(=O)O.O=c1ccc2nc3ccccc3oc-2c1. The number of carboxylic acid groups (broad SMARTS) is 1. The van der Waals surface area contributed by atoms with Crippen LogP contribution < -0.4 is 5.43 Å². The van der Waals surface area contributed by atoms with E-state index in [1.807, 2.05) is 45.0 Å². The summed E-state index contributed by atoms with van der Waals surface area (Å²) in [4.78, 5) is 25.5. The predicted octanol–water partition coefficient (Wildman–Crippen LogP) is 3.80. The maximum absolute atomic E-state index is 11.1. The van der Waals surface area contributed by atoms with E-state index in [0.29, 0.717) is 17.0 Å². The number of para-hydroxylation sites is 2. The number of aromatic nitrogens is 1. The molecule has 0 unspecified atom stereocenters. The average Bonchev–Trinajstić information content (AvgIpc) is 2.43. The van der Waals surface area contributed by atoms with Crippen LogP contribution in [-0.4, -0.2) is 16.1 Å². The molecule has 1 N–H and O–H groups in total. The van der Waals surface area contributed by atoms with Gasteiger partial charge in [0.15, 0.2) is 16.8 Å². The summed E-state index contributed by atoms with van der Waals surface area (Å²) in [6, 6.07) is 12.1. The molecule has 3 rings (SSSR count). The van der Waals surface area contributed by atoms with Crippen LogP contribution in [0, 0.1) is 5.41 Å². The van der Waals surface area contributed by atoms with Crippen molar-refractivity contribution in [3.63, 3.8) is 0 Å². The minimum atomic E-state index is -0.725. The van der Waals surface area contributed by atoms with Gasteiger partial charge in [0.2, 0.25) is 0 Å². The lowest BCUT2D eigenvalue weighted by atomic mass is 9.93. The van der Waals surface area contributed by atoms with Crippen LogP contribution in [0.5, 0.6) is 0 Å². The van der Waals surface area contributed by atoms with Gasteiger partial charge in [0.05, 0.1) is 6.42 Å². The van der Waals surface area contributed by atoms with E-state index in [1.54, 1.807) is 6.07 Å². The van der Waals surface area contributed by atoms with Gasteiger partial charge in [-0.15, -0.1) is 0 Å². The second-order valence-corrected chi connectivity index (χ2v) is 6.44. The molecule has 23 heavy (non-hydrogen) atoms. The molecule has 5 nitrogen and oxygen atoms in total. The summed E-state index contributed by atoms with van der Waals surface area (Å²) in [7, 11) is 0. The third-order valence-corrected chi connectivity index (χ3v) is 2.94. The first kappa shape index (κ1) is 16.7. The van der Waals surface area contributed by atoms with Gasteiger partial charge >= 0.3 is 5.97 Å². The van der Waals surface area contributed by atoms with Gasteiger partial charge in [-0.3, -0.25) is 9.59 Å². The van der Waals surface area contributed by atoms with Crippen LogP contribution in [0.25, 0.3) is 22.6 Å². The van der Waals surface area contributed by atoms with Crippen LogP contribution in [0.3, 0.4) is 0 Å². The Labute approximate surface area is 133 Å². The minimum absolute atomic E-state index is 0.0664. The van der Waals surface area contributed by atoms with Crippen molar-refractivity contribution < 1.29 is 14.3 Å². The van der Waals surface area contributed by atoms with E-state index in [2.05, 4.69) is 4.98 Å². The predicted molar refractivity (Wildman–Crippen MR) is 88.6 cm³/mol. The second kappa shape index (κ2) is 6.60. The van der Waals surface area contributed by atoms with Crippen molar-refractivity contribution in [2.45, 2.75) is 27.2 Å². The number of aliphatic carboxylic acids is 1. The lowest BCUT2D eigenvalue weighted by Gasteiger charge is -2.13. The summed E-state index contributed by atoms with van der Waals surface area (Å²) in [5.41, 5.74) is 2.04. The Morgan fingerprint density at radius 2 is 1.87 bits per heavy atom. The van der Waals surface area contributed by atoms with Crippen LogP contribution in [-0.2, 0) is 4.79 Å². The summed E-state index contributed by atoms with van der Waals surface area (Å²) in [5, 5.41) is 8.25. The van der Waals surface area contributed by atoms with E-state index in [1.165, 1.54) is 12.1 Å². The minimum Gasteiger partial charge on any atom is -0.481 e. The summed E-state index contributed by atoms with van der Waals surface area (Å²) in [6.45, 7) is 5.71. The number of rotatable bonds is 1. The van der Waals surface area contributed by atoms with Crippen molar-refractivity contribution in [1.82, 2.24) is 4.98 Å². The molecular weight excluding hydrogens is 294 g/mol. The van der Waals surface area contributed by atoms with Crippen molar-refractivity contribution in [2.24, 2.45) is 5.41 Å². The first-order valence-corrected chi connectivity index (χ1v) is 7.26. The Morgan fingerprint density at radius 3 is 2.48 bits per heavy atom.